The van der Waals surface area contributed by atoms with Gasteiger partial charge in [-0.2, -0.15) is 0 Å². The predicted octanol–water partition coefficient (Wildman–Crippen LogP) is 2.43. The van der Waals surface area contributed by atoms with E-state index in [1.165, 1.54) is 6.20 Å². The zero-order valence-electron chi connectivity index (χ0n) is 13.0. The highest BCUT2D eigenvalue weighted by molar-refractivity contribution is 9.10. The Bertz CT molecular complexity index is 837. The smallest absolute Gasteiger partial charge is 0.259 e. The summed E-state index contributed by atoms with van der Waals surface area (Å²) in [5.74, 6) is -0.321. The third-order valence-electron chi connectivity index (χ3n) is 3.91. The minimum Gasteiger partial charge on any atom is -0.382 e. The lowest BCUT2D eigenvalue weighted by Gasteiger charge is -2.32. The maximum Gasteiger partial charge on any atom is 0.259 e. The van der Waals surface area contributed by atoms with E-state index in [9.17, 15) is 9.59 Å². The van der Waals surface area contributed by atoms with Gasteiger partial charge in [-0.3, -0.25) is 9.59 Å². The average Bonchev–Trinajstić information content (AvgIpc) is 2.56. The van der Waals surface area contributed by atoms with Crippen LogP contribution in [0.3, 0.4) is 0 Å². The molecule has 1 N–H and O–H groups in total. The number of halogens is 2. The normalized spacial score (nSPS) is 18.1. The summed E-state index contributed by atoms with van der Waals surface area (Å²) in [6.07, 6.45) is 1.24. The molecule has 24 heavy (non-hydrogen) atoms. The Morgan fingerprint density at radius 3 is 3.08 bits per heavy atom. The Balaban J connectivity index is 1.96. The highest BCUT2D eigenvalue weighted by Gasteiger charge is 2.27. The molecule has 3 rings (SSSR count). The molecule has 0 bridgehead atoms. The maximum absolute atomic E-state index is 12.7. The molecule has 1 aliphatic rings. The second-order valence-electron chi connectivity index (χ2n) is 5.54. The number of carbonyl (C=O) groups excluding carboxylic acids is 1. The topological polar surface area (TPSA) is 71.6 Å². The number of H-pyrrole nitrogens is 1. The molecular weight excluding hydrogens is 400 g/mol. The number of rotatable bonds is 3. The first-order valence-electron chi connectivity index (χ1n) is 7.41. The fourth-order valence-corrected chi connectivity index (χ4v) is 3.64. The molecule has 1 fully saturated rings. The van der Waals surface area contributed by atoms with Crippen molar-refractivity contribution in [3.05, 3.63) is 43.6 Å². The third-order valence-corrected chi connectivity index (χ3v) is 4.67. The number of ether oxygens (including phenoxy) is 2. The van der Waals surface area contributed by atoms with Crippen molar-refractivity contribution in [2.75, 3.05) is 33.4 Å². The van der Waals surface area contributed by atoms with Crippen molar-refractivity contribution >= 4 is 44.3 Å². The van der Waals surface area contributed by atoms with Crippen molar-refractivity contribution in [3.63, 3.8) is 0 Å². The van der Waals surface area contributed by atoms with Gasteiger partial charge in [0.2, 0.25) is 5.43 Å². The molecule has 1 unspecified atom stereocenters. The van der Waals surface area contributed by atoms with Gasteiger partial charge in [0.25, 0.3) is 5.91 Å². The zero-order valence-corrected chi connectivity index (χ0v) is 15.3. The van der Waals surface area contributed by atoms with E-state index in [4.69, 9.17) is 21.1 Å². The molecule has 128 valence electrons. The zero-order chi connectivity index (χ0) is 17.3. The van der Waals surface area contributed by atoms with Crippen LogP contribution in [0, 0.1) is 0 Å². The van der Waals surface area contributed by atoms with E-state index in [-0.39, 0.29) is 23.0 Å². The minimum absolute atomic E-state index is 0.0923. The molecule has 0 saturated carbocycles. The number of amides is 1. The Hall–Kier alpha value is -1.41. The fourth-order valence-electron chi connectivity index (χ4n) is 2.77. The molecule has 8 heteroatoms. The number of nitrogens with one attached hydrogen (secondary N) is 1. The molecule has 1 atom stereocenters. The summed E-state index contributed by atoms with van der Waals surface area (Å²) in [4.78, 5) is 30.0. The van der Waals surface area contributed by atoms with Gasteiger partial charge in [0.1, 0.15) is 5.56 Å². The molecule has 0 spiro atoms. The number of benzene rings is 1. The molecule has 6 nitrogen and oxygen atoms in total. The van der Waals surface area contributed by atoms with E-state index in [0.717, 1.165) is 0 Å². The molecule has 1 saturated heterocycles. The standard InChI is InChI=1S/C16H16BrClN2O4/c1-23-8-10-7-20(2-3-24-10)16(22)12-6-19-14-11(15(12)21)4-9(17)5-13(14)18/h4-6,10H,2-3,7-8H2,1H3,(H,19,21). The first-order valence-corrected chi connectivity index (χ1v) is 8.58. The number of carbonyl (C=O) groups is 1. The van der Waals surface area contributed by atoms with Crippen LogP contribution in [0.25, 0.3) is 10.9 Å². The van der Waals surface area contributed by atoms with Gasteiger partial charge < -0.3 is 19.4 Å². The summed E-state index contributed by atoms with van der Waals surface area (Å²) in [5.41, 5.74) is 0.266. The van der Waals surface area contributed by atoms with Crippen LogP contribution in [0.15, 0.2) is 27.6 Å². The number of methoxy groups -OCH3 is 1. The summed E-state index contributed by atoms with van der Waals surface area (Å²) in [5, 5.41) is 0.795. The van der Waals surface area contributed by atoms with Crippen LogP contribution < -0.4 is 5.43 Å². The lowest BCUT2D eigenvalue weighted by molar-refractivity contribution is -0.0531. The lowest BCUT2D eigenvalue weighted by Crippen LogP contribution is -2.48. The molecule has 1 aromatic carbocycles. The van der Waals surface area contributed by atoms with E-state index in [1.54, 1.807) is 24.1 Å². The summed E-state index contributed by atoms with van der Waals surface area (Å²) in [6.45, 7) is 1.65. The van der Waals surface area contributed by atoms with E-state index in [0.29, 0.717) is 46.7 Å². The highest BCUT2D eigenvalue weighted by atomic mass is 79.9. The fraction of sp³-hybridized carbons (Fsp3) is 0.375. The monoisotopic (exact) mass is 414 g/mol. The number of aromatic nitrogens is 1. The van der Waals surface area contributed by atoms with Gasteiger partial charge in [-0.25, -0.2) is 0 Å². The molecule has 0 radical (unpaired) electrons. The molecular formula is C16H16BrClN2O4. The van der Waals surface area contributed by atoms with Gasteiger partial charge in [0.05, 0.1) is 29.9 Å². The van der Waals surface area contributed by atoms with E-state index in [1.807, 2.05) is 0 Å². The Labute approximate surface area is 151 Å². The molecule has 0 aliphatic carbocycles. The molecule has 2 aromatic rings. The average molecular weight is 416 g/mol. The van der Waals surface area contributed by atoms with Crippen molar-refractivity contribution < 1.29 is 14.3 Å². The molecule has 1 amide bonds. The number of fused-ring (bicyclic) bond motifs is 1. The second-order valence-corrected chi connectivity index (χ2v) is 6.86. The van der Waals surface area contributed by atoms with Crippen molar-refractivity contribution in [1.82, 2.24) is 9.88 Å². The van der Waals surface area contributed by atoms with Gasteiger partial charge in [-0.1, -0.05) is 27.5 Å². The second kappa shape index (κ2) is 7.23. The number of hydrogen-bond acceptors (Lipinski definition) is 4. The van der Waals surface area contributed by atoms with Crippen LogP contribution in [-0.2, 0) is 9.47 Å². The number of aromatic amines is 1. The van der Waals surface area contributed by atoms with Crippen LogP contribution in [0.2, 0.25) is 5.02 Å². The largest absolute Gasteiger partial charge is 0.382 e. The van der Waals surface area contributed by atoms with Crippen molar-refractivity contribution in [2.45, 2.75) is 6.10 Å². The van der Waals surface area contributed by atoms with Gasteiger partial charge >= 0.3 is 0 Å². The van der Waals surface area contributed by atoms with Gasteiger partial charge in [0, 0.05) is 36.3 Å². The Morgan fingerprint density at radius 2 is 2.33 bits per heavy atom. The Morgan fingerprint density at radius 1 is 1.54 bits per heavy atom. The van der Waals surface area contributed by atoms with Crippen LogP contribution >= 0.6 is 27.5 Å². The van der Waals surface area contributed by atoms with Crippen LogP contribution in [0.5, 0.6) is 0 Å². The summed E-state index contributed by atoms with van der Waals surface area (Å²) < 4.78 is 11.3. The summed E-state index contributed by atoms with van der Waals surface area (Å²) in [6, 6.07) is 3.35. The SMILES string of the molecule is COCC1CN(C(=O)c2c[nH]c3c(Cl)cc(Br)cc3c2=O)CCO1. The summed E-state index contributed by atoms with van der Waals surface area (Å²) in [7, 11) is 1.58. The van der Waals surface area contributed by atoms with Crippen molar-refractivity contribution in [3.8, 4) is 0 Å². The van der Waals surface area contributed by atoms with E-state index in [2.05, 4.69) is 20.9 Å². The minimum atomic E-state index is -0.341. The van der Waals surface area contributed by atoms with Crippen molar-refractivity contribution in [2.24, 2.45) is 0 Å². The van der Waals surface area contributed by atoms with Gasteiger partial charge in [-0.05, 0) is 12.1 Å². The number of morpholine rings is 1. The van der Waals surface area contributed by atoms with Crippen LogP contribution in [0.4, 0.5) is 0 Å². The summed E-state index contributed by atoms with van der Waals surface area (Å²) >= 11 is 9.46. The number of nitrogens with zero attached hydrogens (tertiary/aromatic N) is 1. The van der Waals surface area contributed by atoms with E-state index < -0.39 is 0 Å². The number of hydrogen-bond donors (Lipinski definition) is 1. The first-order chi connectivity index (χ1) is 11.5. The molecule has 2 heterocycles. The van der Waals surface area contributed by atoms with Crippen molar-refractivity contribution in [1.29, 1.82) is 0 Å². The Kier molecular flexibility index (Phi) is 5.24. The van der Waals surface area contributed by atoms with Gasteiger partial charge in [0.15, 0.2) is 0 Å². The third kappa shape index (κ3) is 3.35. The molecule has 1 aliphatic heterocycles. The van der Waals surface area contributed by atoms with E-state index >= 15 is 0 Å². The number of pyridine rings is 1. The van der Waals surface area contributed by atoms with Crippen LogP contribution in [0.1, 0.15) is 10.4 Å². The van der Waals surface area contributed by atoms with Crippen LogP contribution in [-0.4, -0.2) is 55.3 Å². The van der Waals surface area contributed by atoms with Gasteiger partial charge in [-0.15, -0.1) is 0 Å². The predicted molar refractivity (Wildman–Crippen MR) is 94.8 cm³/mol. The first kappa shape index (κ1) is 17.4. The molecule has 1 aromatic heterocycles. The lowest BCUT2D eigenvalue weighted by atomic mass is 10.1. The quantitative estimate of drug-likeness (QED) is 0.836. The maximum atomic E-state index is 12.7. The highest BCUT2D eigenvalue weighted by Crippen LogP contribution is 2.25.